The Kier molecular flexibility index (Phi) is 8.16. The fourth-order valence-corrected chi connectivity index (χ4v) is 4.00. The molecule has 1 saturated heterocycles. The minimum atomic E-state index is -0.253. The first-order valence-corrected chi connectivity index (χ1v) is 11.0. The summed E-state index contributed by atoms with van der Waals surface area (Å²) >= 11 is 7.38. The molecule has 0 aromatic heterocycles. The summed E-state index contributed by atoms with van der Waals surface area (Å²) in [5, 5.41) is 11.9. The molecule has 1 N–H and O–H groups in total. The molecule has 30 heavy (non-hydrogen) atoms. The number of methoxy groups -OCH3 is 1. The fraction of sp³-hybridized carbons (Fsp3) is 0.318. The van der Waals surface area contributed by atoms with Crippen molar-refractivity contribution in [1.29, 1.82) is 0 Å². The van der Waals surface area contributed by atoms with Crippen LogP contribution in [0.4, 0.5) is 0 Å². The van der Waals surface area contributed by atoms with Crippen LogP contribution in [0.2, 0.25) is 5.02 Å². The van der Waals surface area contributed by atoms with Crippen molar-refractivity contribution in [2.24, 2.45) is 10.2 Å². The standard InChI is InChI=1S/C22H24ClN3O3S/c1-3-4-10-29-18-9-8-16(12-19(18)28-2)14-24-26-22-25-21(27)20(30-22)13-15-6-5-7-17(23)11-15/h5-9,11-12,14,20H,3-4,10,13H2,1-2H3,(H,25,26,27)/b24-14+. The van der Waals surface area contributed by atoms with E-state index in [-0.39, 0.29) is 11.2 Å². The SMILES string of the molecule is CCCCOc1ccc(/C=N/N=C2\NC(=O)C(Cc3cccc(Cl)c3)S2)cc1OC. The molecule has 0 bridgehead atoms. The lowest BCUT2D eigenvalue weighted by Gasteiger charge is -2.10. The molecule has 6 nitrogen and oxygen atoms in total. The summed E-state index contributed by atoms with van der Waals surface area (Å²) in [7, 11) is 1.61. The number of halogens is 1. The van der Waals surface area contributed by atoms with Gasteiger partial charge in [-0.3, -0.25) is 4.79 Å². The van der Waals surface area contributed by atoms with Gasteiger partial charge in [-0.25, -0.2) is 0 Å². The van der Waals surface area contributed by atoms with Gasteiger partial charge in [-0.15, -0.1) is 5.10 Å². The molecule has 158 valence electrons. The lowest BCUT2D eigenvalue weighted by Crippen LogP contribution is -2.25. The highest BCUT2D eigenvalue weighted by molar-refractivity contribution is 8.15. The number of hydrogen-bond acceptors (Lipinski definition) is 6. The molecule has 0 saturated carbocycles. The van der Waals surface area contributed by atoms with Crippen molar-refractivity contribution in [3.63, 3.8) is 0 Å². The minimum Gasteiger partial charge on any atom is -0.493 e. The number of benzene rings is 2. The number of hydrogen-bond donors (Lipinski definition) is 1. The Hall–Kier alpha value is -2.51. The van der Waals surface area contributed by atoms with Crippen LogP contribution in [0.1, 0.15) is 30.9 Å². The number of carbonyl (C=O) groups is 1. The Morgan fingerprint density at radius 3 is 2.87 bits per heavy atom. The predicted molar refractivity (Wildman–Crippen MR) is 123 cm³/mol. The average molecular weight is 446 g/mol. The maximum atomic E-state index is 12.2. The summed E-state index contributed by atoms with van der Waals surface area (Å²) in [4.78, 5) is 12.2. The van der Waals surface area contributed by atoms with E-state index in [0.29, 0.717) is 34.7 Å². The molecule has 0 aliphatic carbocycles. The maximum Gasteiger partial charge on any atom is 0.239 e. The largest absolute Gasteiger partial charge is 0.493 e. The van der Waals surface area contributed by atoms with Crippen molar-refractivity contribution in [2.45, 2.75) is 31.4 Å². The second-order valence-electron chi connectivity index (χ2n) is 6.69. The molecular formula is C22H24ClN3O3S. The van der Waals surface area contributed by atoms with Gasteiger partial charge in [0.1, 0.15) is 0 Å². The number of rotatable bonds is 9. The highest BCUT2D eigenvalue weighted by atomic mass is 35.5. The zero-order valence-electron chi connectivity index (χ0n) is 16.9. The topological polar surface area (TPSA) is 72.3 Å². The number of amidine groups is 1. The van der Waals surface area contributed by atoms with E-state index in [4.69, 9.17) is 21.1 Å². The predicted octanol–water partition coefficient (Wildman–Crippen LogP) is 4.69. The second-order valence-corrected chi connectivity index (χ2v) is 8.32. The van der Waals surface area contributed by atoms with Gasteiger partial charge in [0, 0.05) is 5.02 Å². The third kappa shape index (κ3) is 6.24. The van der Waals surface area contributed by atoms with Crippen LogP contribution in [0.25, 0.3) is 0 Å². The fourth-order valence-electron chi connectivity index (χ4n) is 2.82. The van der Waals surface area contributed by atoms with Gasteiger partial charge in [-0.2, -0.15) is 5.10 Å². The van der Waals surface area contributed by atoms with Gasteiger partial charge in [-0.05, 0) is 54.3 Å². The number of amides is 1. The summed E-state index contributed by atoms with van der Waals surface area (Å²) in [5.74, 6) is 1.27. The molecule has 1 amide bonds. The van der Waals surface area contributed by atoms with E-state index >= 15 is 0 Å². The number of unbranched alkanes of at least 4 members (excludes halogenated alkanes) is 1. The highest BCUT2D eigenvalue weighted by Crippen LogP contribution is 2.28. The molecule has 0 radical (unpaired) electrons. The number of carbonyl (C=O) groups excluding carboxylic acids is 1. The third-order valence-corrected chi connectivity index (χ3v) is 5.69. The molecule has 1 heterocycles. The second kappa shape index (κ2) is 11.0. The normalized spacial score (nSPS) is 17.5. The van der Waals surface area contributed by atoms with Crippen molar-refractivity contribution in [3.8, 4) is 11.5 Å². The average Bonchev–Trinajstić information content (AvgIpc) is 3.08. The summed E-state index contributed by atoms with van der Waals surface area (Å²) in [6, 6.07) is 13.1. The number of ether oxygens (including phenoxy) is 2. The Bertz CT molecular complexity index is 949. The van der Waals surface area contributed by atoms with Crippen LogP contribution in [0.15, 0.2) is 52.7 Å². The van der Waals surface area contributed by atoms with Crippen molar-refractivity contribution in [1.82, 2.24) is 5.32 Å². The maximum absolute atomic E-state index is 12.2. The van der Waals surface area contributed by atoms with Crippen LogP contribution in [-0.4, -0.2) is 36.3 Å². The van der Waals surface area contributed by atoms with E-state index in [2.05, 4.69) is 22.4 Å². The molecular weight excluding hydrogens is 422 g/mol. The number of nitrogens with zero attached hydrogens (tertiary/aromatic N) is 2. The van der Waals surface area contributed by atoms with Crippen molar-refractivity contribution < 1.29 is 14.3 Å². The Labute approximate surface area is 185 Å². The van der Waals surface area contributed by atoms with Crippen LogP contribution in [0.3, 0.4) is 0 Å². The van der Waals surface area contributed by atoms with Crippen LogP contribution in [0, 0.1) is 0 Å². The lowest BCUT2D eigenvalue weighted by molar-refractivity contribution is -0.118. The Balaban J connectivity index is 1.60. The van der Waals surface area contributed by atoms with Gasteiger partial charge in [0.2, 0.25) is 5.91 Å². The molecule has 1 atom stereocenters. The van der Waals surface area contributed by atoms with Gasteiger partial charge in [-0.1, -0.05) is 48.8 Å². The Morgan fingerprint density at radius 1 is 1.23 bits per heavy atom. The molecule has 1 unspecified atom stereocenters. The molecule has 0 spiro atoms. The molecule has 2 aromatic carbocycles. The molecule has 2 aromatic rings. The van der Waals surface area contributed by atoms with E-state index in [1.807, 2.05) is 42.5 Å². The van der Waals surface area contributed by atoms with Gasteiger partial charge in [0.15, 0.2) is 16.7 Å². The minimum absolute atomic E-state index is 0.0795. The molecule has 8 heteroatoms. The third-order valence-electron chi connectivity index (χ3n) is 4.39. The molecule has 3 rings (SSSR count). The van der Waals surface area contributed by atoms with Gasteiger partial charge < -0.3 is 14.8 Å². The van der Waals surface area contributed by atoms with Crippen molar-refractivity contribution in [3.05, 3.63) is 58.6 Å². The lowest BCUT2D eigenvalue weighted by atomic mass is 10.1. The van der Waals surface area contributed by atoms with Gasteiger partial charge in [0.05, 0.1) is 25.2 Å². The summed E-state index contributed by atoms with van der Waals surface area (Å²) in [5.41, 5.74) is 1.83. The first-order chi connectivity index (χ1) is 14.6. The number of thioether (sulfide) groups is 1. The van der Waals surface area contributed by atoms with Gasteiger partial charge in [0.25, 0.3) is 0 Å². The van der Waals surface area contributed by atoms with E-state index < -0.39 is 0 Å². The van der Waals surface area contributed by atoms with E-state index in [0.717, 1.165) is 24.0 Å². The zero-order chi connectivity index (χ0) is 21.3. The summed E-state index contributed by atoms with van der Waals surface area (Å²) < 4.78 is 11.1. The number of nitrogens with one attached hydrogen (secondary N) is 1. The quantitative estimate of drug-likeness (QED) is 0.345. The first-order valence-electron chi connectivity index (χ1n) is 9.73. The zero-order valence-corrected chi connectivity index (χ0v) is 18.5. The van der Waals surface area contributed by atoms with Crippen molar-refractivity contribution >= 4 is 40.7 Å². The smallest absolute Gasteiger partial charge is 0.239 e. The van der Waals surface area contributed by atoms with Crippen LogP contribution < -0.4 is 14.8 Å². The van der Waals surface area contributed by atoms with Crippen molar-refractivity contribution in [2.75, 3.05) is 13.7 Å². The molecule has 1 fully saturated rings. The van der Waals surface area contributed by atoms with E-state index in [1.165, 1.54) is 11.8 Å². The monoisotopic (exact) mass is 445 g/mol. The molecule has 1 aliphatic rings. The van der Waals surface area contributed by atoms with Crippen LogP contribution in [-0.2, 0) is 11.2 Å². The summed E-state index contributed by atoms with van der Waals surface area (Å²) in [6.45, 7) is 2.77. The van der Waals surface area contributed by atoms with E-state index in [1.54, 1.807) is 13.3 Å². The van der Waals surface area contributed by atoms with Gasteiger partial charge >= 0.3 is 0 Å². The summed E-state index contributed by atoms with van der Waals surface area (Å²) in [6.07, 6.45) is 4.26. The molecule has 1 aliphatic heterocycles. The van der Waals surface area contributed by atoms with Crippen LogP contribution >= 0.6 is 23.4 Å². The Morgan fingerprint density at radius 2 is 2.10 bits per heavy atom. The first kappa shape index (κ1) is 22.2. The van der Waals surface area contributed by atoms with Crippen LogP contribution in [0.5, 0.6) is 11.5 Å². The highest BCUT2D eigenvalue weighted by Gasteiger charge is 2.30. The van der Waals surface area contributed by atoms with E-state index in [9.17, 15) is 4.79 Å².